The summed E-state index contributed by atoms with van der Waals surface area (Å²) < 4.78 is 22.9. The van der Waals surface area contributed by atoms with E-state index in [1.165, 1.54) is 46.8 Å². The lowest BCUT2D eigenvalue weighted by Gasteiger charge is -2.43. The van der Waals surface area contributed by atoms with Crippen molar-refractivity contribution in [2.45, 2.75) is 95.3 Å². The second kappa shape index (κ2) is 8.44. The first kappa shape index (κ1) is 23.7. The second-order valence-electron chi connectivity index (χ2n) is 12.3. The molecular formula is C35H38NO3+. The first-order valence-electron chi connectivity index (χ1n) is 15.0. The lowest BCUT2D eigenvalue weighted by molar-refractivity contribution is -0.711. The van der Waals surface area contributed by atoms with Gasteiger partial charge in [0.1, 0.15) is 12.2 Å². The number of furan rings is 1. The van der Waals surface area contributed by atoms with E-state index in [9.17, 15) is 0 Å². The van der Waals surface area contributed by atoms with E-state index in [4.69, 9.17) is 13.9 Å². The van der Waals surface area contributed by atoms with Crippen molar-refractivity contribution in [3.63, 3.8) is 0 Å². The van der Waals surface area contributed by atoms with E-state index in [2.05, 4.69) is 86.9 Å². The summed E-state index contributed by atoms with van der Waals surface area (Å²) in [7, 11) is 0. The van der Waals surface area contributed by atoms with Gasteiger partial charge in [-0.25, -0.2) is 0 Å². The number of ether oxygens (including phenoxy) is 2. The minimum atomic E-state index is -0.166. The van der Waals surface area contributed by atoms with Crippen LogP contribution in [0.4, 0.5) is 0 Å². The number of rotatable bonds is 3. The summed E-state index contributed by atoms with van der Waals surface area (Å²) in [5, 5.41) is 2.68. The molecule has 8 rings (SSSR count). The van der Waals surface area contributed by atoms with Crippen LogP contribution in [0.15, 0.2) is 64.8 Å². The van der Waals surface area contributed by atoms with Crippen LogP contribution in [0.1, 0.15) is 94.4 Å². The summed E-state index contributed by atoms with van der Waals surface area (Å²) in [6.45, 7) is 9.47. The van der Waals surface area contributed by atoms with Crippen molar-refractivity contribution in [1.82, 2.24) is 0 Å². The Morgan fingerprint density at radius 2 is 1.64 bits per heavy atom. The normalized spacial score (nSPS) is 28.5. The number of fused-ring (bicyclic) bond motifs is 14. The molecule has 4 aliphatic rings. The molecule has 1 saturated carbocycles. The van der Waals surface area contributed by atoms with Gasteiger partial charge in [-0.2, -0.15) is 4.57 Å². The van der Waals surface area contributed by atoms with Crippen LogP contribution in [-0.4, -0.2) is 18.8 Å². The molecule has 4 nitrogen and oxygen atoms in total. The number of nitrogens with zero attached hydrogens (tertiary/aromatic N) is 1. The highest BCUT2D eigenvalue weighted by Gasteiger charge is 2.60. The number of hydrogen-bond acceptors (Lipinski definition) is 3. The molecular weight excluding hydrogens is 482 g/mol. The molecule has 0 saturated heterocycles. The Hall–Kier alpha value is -3.11. The number of pyridine rings is 1. The summed E-state index contributed by atoms with van der Waals surface area (Å²) in [4.78, 5) is 0. The summed E-state index contributed by atoms with van der Waals surface area (Å²) in [5.74, 6) is 3.31. The summed E-state index contributed by atoms with van der Waals surface area (Å²) >= 11 is 0. The third-order valence-corrected chi connectivity index (χ3v) is 10.6. The molecule has 4 aromatic rings. The Kier molecular flexibility index (Phi) is 5.14. The topological polar surface area (TPSA) is 35.5 Å². The molecule has 0 radical (unpaired) electrons. The predicted octanol–water partition coefficient (Wildman–Crippen LogP) is 8.23. The molecule has 0 amide bonds. The Bertz CT molecular complexity index is 1660. The molecule has 2 aromatic heterocycles. The van der Waals surface area contributed by atoms with Gasteiger partial charge < -0.3 is 13.9 Å². The number of benzene rings is 2. The summed E-state index contributed by atoms with van der Waals surface area (Å²) in [5.41, 5.74) is 7.98. The fourth-order valence-electron chi connectivity index (χ4n) is 9.07. The van der Waals surface area contributed by atoms with Gasteiger partial charge >= 0.3 is 0 Å². The zero-order valence-electron chi connectivity index (χ0n) is 23.5. The maximum atomic E-state index is 6.95. The van der Waals surface area contributed by atoms with Crippen LogP contribution < -0.4 is 4.57 Å². The summed E-state index contributed by atoms with van der Waals surface area (Å²) in [6, 6.07) is 17.9. The standard InChI is InChI=1S/C35H38NO3/c1-5-35(6-2)31-25-12-8-10-14-27(25)39-33(31)32-30-23-16-15-22(18-23)29(30)24-11-7-9-13-26(24)36(32)34(35)28-19-37-20(3)17-21(4)38-28/h7-14,17,21-23,28,34H,5-6,15-16,18-19H2,1-4H3/q+1. The predicted molar refractivity (Wildman–Crippen MR) is 154 cm³/mol. The lowest BCUT2D eigenvalue weighted by Crippen LogP contribution is -2.62. The van der Waals surface area contributed by atoms with Gasteiger partial charge in [0.15, 0.2) is 12.1 Å². The average Bonchev–Trinajstić information content (AvgIpc) is 3.65. The molecule has 4 heteroatoms. The second-order valence-corrected chi connectivity index (χ2v) is 12.3. The molecule has 0 spiro atoms. The number of para-hydroxylation sites is 2. The van der Waals surface area contributed by atoms with Crippen LogP contribution in [-0.2, 0) is 14.9 Å². The largest absolute Gasteiger partial charge is 0.495 e. The molecule has 4 heterocycles. The summed E-state index contributed by atoms with van der Waals surface area (Å²) in [6.07, 6.45) is 7.85. The van der Waals surface area contributed by atoms with Gasteiger partial charge in [0.2, 0.25) is 11.3 Å². The zero-order chi connectivity index (χ0) is 26.5. The van der Waals surface area contributed by atoms with Crippen molar-refractivity contribution >= 4 is 21.9 Å². The highest BCUT2D eigenvalue weighted by molar-refractivity contribution is 5.92. The molecule has 2 aromatic carbocycles. The monoisotopic (exact) mass is 520 g/mol. The first-order valence-corrected chi connectivity index (χ1v) is 15.0. The molecule has 0 N–H and O–H groups in total. The van der Waals surface area contributed by atoms with Crippen LogP contribution in [0.3, 0.4) is 0 Å². The number of hydrogen-bond donors (Lipinski definition) is 0. The zero-order valence-corrected chi connectivity index (χ0v) is 23.5. The van der Waals surface area contributed by atoms with Crippen molar-refractivity contribution in [2.75, 3.05) is 6.61 Å². The molecule has 5 unspecified atom stereocenters. The molecule has 5 atom stereocenters. The first-order chi connectivity index (χ1) is 19.1. The van der Waals surface area contributed by atoms with Crippen molar-refractivity contribution in [1.29, 1.82) is 0 Å². The molecule has 2 bridgehead atoms. The van der Waals surface area contributed by atoms with Gasteiger partial charge in [-0.05, 0) is 81.6 Å². The third-order valence-electron chi connectivity index (χ3n) is 10.6. The fraction of sp³-hybridized carbons (Fsp3) is 0.457. The fourth-order valence-corrected chi connectivity index (χ4v) is 9.07. The highest BCUT2D eigenvalue weighted by atomic mass is 16.5. The smallest absolute Gasteiger partial charge is 0.253 e. The van der Waals surface area contributed by atoms with Gasteiger partial charge in [0, 0.05) is 22.6 Å². The molecule has 39 heavy (non-hydrogen) atoms. The maximum absolute atomic E-state index is 6.95. The number of aromatic nitrogens is 1. The van der Waals surface area contributed by atoms with E-state index in [1.807, 2.05) is 0 Å². The minimum Gasteiger partial charge on any atom is -0.495 e. The van der Waals surface area contributed by atoms with Crippen LogP contribution in [0.25, 0.3) is 33.3 Å². The van der Waals surface area contributed by atoms with Crippen molar-refractivity contribution < 1.29 is 18.5 Å². The molecule has 1 fully saturated rings. The Balaban J connectivity index is 1.54. The van der Waals surface area contributed by atoms with E-state index in [-0.39, 0.29) is 23.7 Å². The van der Waals surface area contributed by atoms with Crippen LogP contribution in [0, 0.1) is 0 Å². The van der Waals surface area contributed by atoms with E-state index in [1.54, 1.807) is 11.1 Å². The van der Waals surface area contributed by atoms with Gasteiger partial charge in [0.25, 0.3) is 5.69 Å². The lowest BCUT2D eigenvalue weighted by atomic mass is 9.64. The van der Waals surface area contributed by atoms with Crippen LogP contribution in [0.5, 0.6) is 0 Å². The van der Waals surface area contributed by atoms with Crippen molar-refractivity contribution in [3.8, 4) is 11.5 Å². The Morgan fingerprint density at radius 1 is 0.923 bits per heavy atom. The molecule has 2 aliphatic carbocycles. The van der Waals surface area contributed by atoms with Crippen LogP contribution >= 0.6 is 0 Å². The van der Waals surface area contributed by atoms with Crippen molar-refractivity contribution in [2.24, 2.45) is 0 Å². The van der Waals surface area contributed by atoms with Gasteiger partial charge in [-0.3, -0.25) is 0 Å². The highest BCUT2D eigenvalue weighted by Crippen LogP contribution is 2.61. The van der Waals surface area contributed by atoms with E-state index >= 15 is 0 Å². The number of allylic oxidation sites excluding steroid dienone is 1. The Labute approximate surface area is 230 Å². The van der Waals surface area contributed by atoms with Gasteiger partial charge in [0.05, 0.1) is 22.7 Å². The van der Waals surface area contributed by atoms with Crippen LogP contribution in [0.2, 0.25) is 0 Å². The van der Waals surface area contributed by atoms with Gasteiger partial charge in [-0.15, -0.1) is 0 Å². The van der Waals surface area contributed by atoms with Gasteiger partial charge in [-0.1, -0.05) is 44.2 Å². The SMILES string of the molecule is CCC1(CC)c2c(oc3ccccc23)-c2c3c(c4ccccc4[n+]2C1C1COC(C)=CC(C)O1)C1CCC3C1. The van der Waals surface area contributed by atoms with E-state index < -0.39 is 0 Å². The average molecular weight is 521 g/mol. The van der Waals surface area contributed by atoms with E-state index in [0.29, 0.717) is 18.4 Å². The third kappa shape index (κ3) is 3.07. The van der Waals surface area contributed by atoms with Crippen molar-refractivity contribution in [3.05, 3.63) is 77.1 Å². The van der Waals surface area contributed by atoms with E-state index in [0.717, 1.165) is 29.9 Å². The molecule has 200 valence electrons. The maximum Gasteiger partial charge on any atom is 0.253 e. The Morgan fingerprint density at radius 3 is 2.44 bits per heavy atom. The molecule has 2 aliphatic heterocycles. The quantitative estimate of drug-likeness (QED) is 0.255. The minimum absolute atomic E-state index is 0.00726.